The van der Waals surface area contributed by atoms with Gasteiger partial charge in [0, 0.05) is 35.5 Å². The van der Waals surface area contributed by atoms with Gasteiger partial charge < -0.3 is 5.32 Å². The Morgan fingerprint density at radius 3 is 2.84 bits per heavy atom. The molecule has 0 aliphatic carbocycles. The van der Waals surface area contributed by atoms with Crippen molar-refractivity contribution in [2.75, 3.05) is 5.32 Å². The van der Waals surface area contributed by atoms with Crippen LogP contribution < -0.4 is 5.32 Å². The summed E-state index contributed by atoms with van der Waals surface area (Å²) in [6.45, 7) is 0.324. The summed E-state index contributed by atoms with van der Waals surface area (Å²) >= 11 is 3.28. The minimum atomic E-state index is -0.564. The first kappa shape index (κ1) is 13.4. The summed E-state index contributed by atoms with van der Waals surface area (Å²) in [4.78, 5) is 14.0. The van der Waals surface area contributed by atoms with Crippen LogP contribution in [0.1, 0.15) is 5.56 Å². The lowest BCUT2D eigenvalue weighted by Gasteiger charge is -2.07. The predicted molar refractivity (Wildman–Crippen MR) is 72.3 cm³/mol. The van der Waals surface area contributed by atoms with Crippen LogP contribution >= 0.6 is 15.9 Å². The zero-order chi connectivity index (χ0) is 13.8. The fourth-order valence-electron chi connectivity index (χ4n) is 1.51. The van der Waals surface area contributed by atoms with Gasteiger partial charge in [0.2, 0.25) is 0 Å². The number of rotatable bonds is 4. The van der Waals surface area contributed by atoms with E-state index in [1.165, 1.54) is 6.07 Å². The van der Waals surface area contributed by atoms with E-state index in [9.17, 15) is 14.5 Å². The lowest BCUT2D eigenvalue weighted by atomic mass is 10.2. The normalized spacial score (nSPS) is 10.2. The maximum absolute atomic E-state index is 13.5. The highest BCUT2D eigenvalue weighted by Crippen LogP contribution is 2.22. The second kappa shape index (κ2) is 5.75. The van der Waals surface area contributed by atoms with Crippen molar-refractivity contribution in [3.8, 4) is 0 Å². The van der Waals surface area contributed by atoms with Crippen LogP contribution in [0.3, 0.4) is 0 Å². The van der Waals surface area contributed by atoms with Crippen LogP contribution in [0.4, 0.5) is 15.8 Å². The molecule has 0 amide bonds. The SMILES string of the molecule is O=[N+]([O-])c1ccc(F)c(NCc2cncc(Br)c2)c1. The average Bonchev–Trinajstić information content (AvgIpc) is 2.37. The largest absolute Gasteiger partial charge is 0.378 e. The number of non-ortho nitro benzene ring substituents is 1. The summed E-state index contributed by atoms with van der Waals surface area (Å²) in [6.07, 6.45) is 3.27. The third-order valence-electron chi connectivity index (χ3n) is 2.41. The fraction of sp³-hybridized carbons (Fsp3) is 0.0833. The summed E-state index contributed by atoms with van der Waals surface area (Å²) in [5.41, 5.74) is 0.769. The molecule has 0 saturated heterocycles. The maximum Gasteiger partial charge on any atom is 0.271 e. The van der Waals surface area contributed by atoms with Crippen LogP contribution in [0, 0.1) is 15.9 Å². The van der Waals surface area contributed by atoms with Crippen molar-refractivity contribution in [1.82, 2.24) is 4.98 Å². The van der Waals surface area contributed by atoms with Crippen molar-refractivity contribution in [2.24, 2.45) is 0 Å². The van der Waals surface area contributed by atoms with Crippen molar-refractivity contribution < 1.29 is 9.31 Å². The molecule has 2 rings (SSSR count). The molecular formula is C12H9BrFN3O2. The summed E-state index contributed by atoms with van der Waals surface area (Å²) in [7, 11) is 0. The molecule has 1 heterocycles. The Morgan fingerprint density at radius 1 is 1.37 bits per heavy atom. The number of benzene rings is 1. The van der Waals surface area contributed by atoms with Gasteiger partial charge in [0.25, 0.3) is 5.69 Å². The number of halogens is 2. The number of aromatic nitrogens is 1. The molecule has 19 heavy (non-hydrogen) atoms. The molecule has 5 nitrogen and oxygen atoms in total. The van der Waals surface area contributed by atoms with Gasteiger partial charge >= 0.3 is 0 Å². The highest BCUT2D eigenvalue weighted by Gasteiger charge is 2.10. The number of anilines is 1. The molecule has 0 radical (unpaired) electrons. The number of nitro groups is 1. The van der Waals surface area contributed by atoms with Crippen LogP contribution in [-0.4, -0.2) is 9.91 Å². The zero-order valence-corrected chi connectivity index (χ0v) is 11.2. The molecule has 1 aromatic heterocycles. The fourth-order valence-corrected chi connectivity index (χ4v) is 1.92. The Balaban J connectivity index is 2.15. The van der Waals surface area contributed by atoms with Crippen molar-refractivity contribution >= 4 is 27.3 Å². The van der Waals surface area contributed by atoms with Crippen LogP contribution in [-0.2, 0) is 6.54 Å². The van der Waals surface area contributed by atoms with E-state index in [1.807, 2.05) is 6.07 Å². The number of nitro benzene ring substituents is 1. The first-order valence-corrected chi connectivity index (χ1v) is 6.13. The van der Waals surface area contributed by atoms with Crippen molar-refractivity contribution in [2.45, 2.75) is 6.54 Å². The molecule has 0 aliphatic rings. The van der Waals surface area contributed by atoms with Gasteiger partial charge in [-0.15, -0.1) is 0 Å². The summed E-state index contributed by atoms with van der Waals surface area (Å²) in [5, 5.41) is 13.4. The molecule has 0 bridgehead atoms. The van der Waals surface area contributed by atoms with E-state index in [0.717, 1.165) is 22.2 Å². The molecule has 0 fully saturated rings. The van der Waals surface area contributed by atoms with Crippen LogP contribution in [0.15, 0.2) is 41.1 Å². The Morgan fingerprint density at radius 2 is 2.16 bits per heavy atom. The van der Waals surface area contributed by atoms with Crippen molar-refractivity contribution in [3.63, 3.8) is 0 Å². The standard InChI is InChI=1S/C12H9BrFN3O2/c13-9-3-8(5-15-7-9)6-16-12-4-10(17(18)19)1-2-11(12)14/h1-5,7,16H,6H2. The summed E-state index contributed by atoms with van der Waals surface area (Å²) < 4.78 is 14.3. The molecule has 0 atom stereocenters. The number of pyridine rings is 1. The molecule has 0 aliphatic heterocycles. The van der Waals surface area contributed by atoms with Crippen LogP contribution in [0.5, 0.6) is 0 Å². The van der Waals surface area contributed by atoms with Gasteiger partial charge in [-0.05, 0) is 33.6 Å². The number of hydrogen-bond acceptors (Lipinski definition) is 4. The van der Waals surface area contributed by atoms with Gasteiger partial charge in [0.15, 0.2) is 0 Å². The minimum absolute atomic E-state index is 0.0918. The van der Waals surface area contributed by atoms with E-state index in [4.69, 9.17) is 0 Å². The van der Waals surface area contributed by atoms with E-state index in [0.29, 0.717) is 6.54 Å². The Hall–Kier alpha value is -2.02. The topological polar surface area (TPSA) is 68.1 Å². The number of nitrogens with one attached hydrogen (secondary N) is 1. The lowest BCUT2D eigenvalue weighted by Crippen LogP contribution is -2.02. The van der Waals surface area contributed by atoms with E-state index in [2.05, 4.69) is 26.2 Å². The molecule has 0 spiro atoms. The van der Waals surface area contributed by atoms with E-state index in [-0.39, 0.29) is 11.4 Å². The second-order valence-corrected chi connectivity index (χ2v) is 4.70. The molecule has 1 aromatic carbocycles. The molecule has 0 saturated carbocycles. The second-order valence-electron chi connectivity index (χ2n) is 3.79. The maximum atomic E-state index is 13.5. The van der Waals surface area contributed by atoms with Gasteiger partial charge in [0.1, 0.15) is 5.82 Å². The van der Waals surface area contributed by atoms with Gasteiger partial charge in [-0.1, -0.05) is 0 Å². The van der Waals surface area contributed by atoms with Crippen LogP contribution in [0.25, 0.3) is 0 Å². The highest BCUT2D eigenvalue weighted by molar-refractivity contribution is 9.10. The van der Waals surface area contributed by atoms with Gasteiger partial charge in [-0.25, -0.2) is 4.39 Å². The Labute approximate surface area is 116 Å². The quantitative estimate of drug-likeness (QED) is 0.690. The summed E-state index contributed by atoms with van der Waals surface area (Å²) in [5.74, 6) is -0.534. The van der Waals surface area contributed by atoms with E-state index >= 15 is 0 Å². The van der Waals surface area contributed by atoms with Crippen LogP contribution in [0.2, 0.25) is 0 Å². The van der Waals surface area contributed by atoms with Crippen molar-refractivity contribution in [3.05, 3.63) is 62.6 Å². The molecule has 7 heteroatoms. The first-order chi connectivity index (χ1) is 9.06. The van der Waals surface area contributed by atoms with E-state index in [1.54, 1.807) is 12.4 Å². The molecule has 1 N–H and O–H groups in total. The molecular weight excluding hydrogens is 317 g/mol. The summed E-state index contributed by atoms with van der Waals surface area (Å²) in [6, 6.07) is 5.19. The van der Waals surface area contributed by atoms with Gasteiger partial charge in [0.05, 0.1) is 10.6 Å². The monoisotopic (exact) mass is 325 g/mol. The molecule has 0 unspecified atom stereocenters. The Kier molecular flexibility index (Phi) is 4.06. The first-order valence-electron chi connectivity index (χ1n) is 5.33. The number of nitrogens with zero attached hydrogens (tertiary/aromatic N) is 2. The Bertz CT molecular complexity index is 622. The highest BCUT2D eigenvalue weighted by atomic mass is 79.9. The van der Waals surface area contributed by atoms with Gasteiger partial charge in [-0.3, -0.25) is 15.1 Å². The third-order valence-corrected chi connectivity index (χ3v) is 2.84. The minimum Gasteiger partial charge on any atom is -0.378 e. The smallest absolute Gasteiger partial charge is 0.271 e. The predicted octanol–water partition coefficient (Wildman–Crippen LogP) is 3.50. The lowest BCUT2D eigenvalue weighted by molar-refractivity contribution is -0.384. The van der Waals surface area contributed by atoms with E-state index < -0.39 is 10.7 Å². The van der Waals surface area contributed by atoms with Crippen molar-refractivity contribution in [1.29, 1.82) is 0 Å². The molecule has 2 aromatic rings. The van der Waals surface area contributed by atoms with Gasteiger partial charge in [-0.2, -0.15) is 0 Å². The zero-order valence-electron chi connectivity index (χ0n) is 9.64. The third kappa shape index (κ3) is 3.47. The molecule has 98 valence electrons. The average molecular weight is 326 g/mol. The number of hydrogen-bond donors (Lipinski definition) is 1.